The lowest BCUT2D eigenvalue weighted by molar-refractivity contribution is -0.138. The molecule has 1 aromatic carbocycles. The van der Waals surface area contributed by atoms with Gasteiger partial charge < -0.3 is 5.11 Å². The molecule has 1 amide bonds. The Morgan fingerprint density at radius 2 is 1.67 bits per heavy atom. The van der Waals surface area contributed by atoms with Gasteiger partial charge in [0.2, 0.25) is 0 Å². The monoisotopic (exact) mass is 511 g/mol. The van der Waals surface area contributed by atoms with Crippen molar-refractivity contribution in [1.29, 1.82) is 0 Å². The molecule has 0 unspecified atom stereocenters. The topological polar surface area (TPSA) is 83.4 Å². The molecule has 0 aliphatic heterocycles. The SMILES string of the molecule is Cc1cc(C(F)(F)CCc2cnc(C(=O)O)cc2C(F)(F)F)cc(C(=O)N(F)Cc2ccccc2)n1. The van der Waals surface area contributed by atoms with E-state index in [0.717, 1.165) is 6.07 Å². The van der Waals surface area contributed by atoms with E-state index in [4.69, 9.17) is 5.11 Å². The van der Waals surface area contributed by atoms with E-state index in [2.05, 4.69) is 9.97 Å². The number of aromatic nitrogens is 2. The molecule has 1 N–H and O–H groups in total. The Bertz CT molecular complexity index is 1270. The zero-order chi connectivity index (χ0) is 26.7. The third kappa shape index (κ3) is 6.37. The maximum absolute atomic E-state index is 15.0. The first-order chi connectivity index (χ1) is 16.8. The van der Waals surface area contributed by atoms with E-state index in [9.17, 15) is 27.2 Å². The van der Waals surface area contributed by atoms with Gasteiger partial charge in [0, 0.05) is 23.9 Å². The third-order valence-electron chi connectivity index (χ3n) is 5.20. The number of halogens is 6. The number of pyridine rings is 2. The molecule has 0 saturated heterocycles. The average Bonchev–Trinajstić information content (AvgIpc) is 2.81. The second-order valence-corrected chi connectivity index (χ2v) is 7.93. The summed E-state index contributed by atoms with van der Waals surface area (Å²) in [5.74, 6) is -6.68. The van der Waals surface area contributed by atoms with Crippen LogP contribution in [0.1, 0.15) is 55.3 Å². The lowest BCUT2D eigenvalue weighted by Gasteiger charge is -2.20. The summed E-state index contributed by atoms with van der Waals surface area (Å²) in [7, 11) is 0. The minimum atomic E-state index is -4.99. The molecule has 12 heteroatoms. The van der Waals surface area contributed by atoms with E-state index in [1.54, 1.807) is 30.3 Å². The Morgan fingerprint density at radius 3 is 2.28 bits per heavy atom. The van der Waals surface area contributed by atoms with Gasteiger partial charge in [-0.15, -0.1) is 0 Å². The van der Waals surface area contributed by atoms with Gasteiger partial charge in [0.25, 0.3) is 11.8 Å². The summed E-state index contributed by atoms with van der Waals surface area (Å²) in [5, 5.41) is 8.70. The number of hydrogen-bond donors (Lipinski definition) is 1. The summed E-state index contributed by atoms with van der Waals surface area (Å²) in [6.07, 6.45) is -6.32. The number of aryl methyl sites for hydroxylation is 2. The molecule has 3 aromatic rings. The van der Waals surface area contributed by atoms with Crippen molar-refractivity contribution in [2.45, 2.75) is 38.4 Å². The van der Waals surface area contributed by atoms with E-state index in [1.165, 1.54) is 6.92 Å². The predicted octanol–water partition coefficient (Wildman–Crippen LogP) is 5.75. The second-order valence-electron chi connectivity index (χ2n) is 7.93. The van der Waals surface area contributed by atoms with Gasteiger partial charge in [-0.25, -0.2) is 23.5 Å². The Balaban J connectivity index is 1.83. The van der Waals surface area contributed by atoms with Crippen LogP contribution in [0.4, 0.5) is 26.4 Å². The molecule has 0 atom stereocenters. The van der Waals surface area contributed by atoms with E-state index in [-0.39, 0.29) is 16.9 Å². The van der Waals surface area contributed by atoms with Gasteiger partial charge in [-0.2, -0.15) is 18.3 Å². The van der Waals surface area contributed by atoms with Crippen LogP contribution in [0.3, 0.4) is 0 Å². The molecular formula is C24H19F6N3O3. The lowest BCUT2D eigenvalue weighted by atomic mass is 9.97. The average molecular weight is 511 g/mol. The second kappa shape index (κ2) is 10.3. The highest BCUT2D eigenvalue weighted by Crippen LogP contribution is 2.37. The highest BCUT2D eigenvalue weighted by atomic mass is 19.4. The van der Waals surface area contributed by atoms with Crippen LogP contribution >= 0.6 is 0 Å². The number of benzene rings is 1. The number of aromatic carboxylic acids is 1. The maximum atomic E-state index is 15.0. The first-order valence-electron chi connectivity index (χ1n) is 10.5. The summed E-state index contributed by atoms with van der Waals surface area (Å²) < 4.78 is 84.6. The van der Waals surface area contributed by atoms with Gasteiger partial charge in [-0.05, 0) is 42.7 Å². The molecule has 0 fully saturated rings. The highest BCUT2D eigenvalue weighted by molar-refractivity contribution is 5.91. The van der Waals surface area contributed by atoms with Crippen molar-refractivity contribution in [3.63, 3.8) is 0 Å². The summed E-state index contributed by atoms with van der Waals surface area (Å²) in [4.78, 5) is 30.6. The summed E-state index contributed by atoms with van der Waals surface area (Å²) >= 11 is 0. The number of rotatable bonds is 8. The molecular weight excluding hydrogens is 492 g/mol. The third-order valence-corrected chi connectivity index (χ3v) is 5.20. The molecule has 2 aromatic heterocycles. The first kappa shape index (κ1) is 26.6. The number of alkyl halides is 5. The fourth-order valence-electron chi connectivity index (χ4n) is 3.43. The summed E-state index contributed by atoms with van der Waals surface area (Å²) in [6, 6.07) is 10.0. The molecule has 0 saturated carbocycles. The van der Waals surface area contributed by atoms with Crippen LogP contribution in [0, 0.1) is 6.92 Å². The van der Waals surface area contributed by atoms with Crippen molar-refractivity contribution in [3.05, 3.63) is 94.1 Å². The first-order valence-corrected chi connectivity index (χ1v) is 10.5. The van der Waals surface area contributed by atoms with Gasteiger partial charge in [-0.1, -0.05) is 34.8 Å². The van der Waals surface area contributed by atoms with Crippen molar-refractivity contribution in [1.82, 2.24) is 15.1 Å². The van der Waals surface area contributed by atoms with Crippen LogP contribution < -0.4 is 0 Å². The van der Waals surface area contributed by atoms with E-state index < -0.39 is 71.4 Å². The van der Waals surface area contributed by atoms with Gasteiger partial charge in [0.1, 0.15) is 11.4 Å². The standard InChI is InChI=1S/C24H19F6N3O3/c1-14-9-17(10-19(32-14)21(34)33(30)13-15-5-3-2-4-6-15)23(25,26)8-7-16-12-31-20(22(35)36)11-18(16)24(27,28)29/h2-6,9-12H,7-8,13H2,1H3,(H,35,36). The molecule has 36 heavy (non-hydrogen) atoms. The normalized spacial score (nSPS) is 11.9. The van der Waals surface area contributed by atoms with Crippen LogP contribution in [-0.4, -0.2) is 32.1 Å². The number of carbonyl (C=O) groups excluding carboxylic acids is 1. The largest absolute Gasteiger partial charge is 0.477 e. The Kier molecular flexibility index (Phi) is 7.65. The van der Waals surface area contributed by atoms with Crippen LogP contribution in [0.15, 0.2) is 54.7 Å². The van der Waals surface area contributed by atoms with Gasteiger partial charge in [0.05, 0.1) is 12.1 Å². The molecule has 0 bridgehead atoms. The van der Waals surface area contributed by atoms with Crippen molar-refractivity contribution in [3.8, 4) is 0 Å². The maximum Gasteiger partial charge on any atom is 0.416 e. The van der Waals surface area contributed by atoms with E-state index >= 15 is 8.78 Å². The van der Waals surface area contributed by atoms with Gasteiger partial charge >= 0.3 is 12.1 Å². The van der Waals surface area contributed by atoms with E-state index in [0.29, 0.717) is 17.8 Å². The zero-order valence-corrected chi connectivity index (χ0v) is 18.7. The van der Waals surface area contributed by atoms with Crippen molar-refractivity contribution in [2.75, 3.05) is 0 Å². The molecule has 0 radical (unpaired) electrons. The summed E-state index contributed by atoms with van der Waals surface area (Å²) in [6.45, 7) is 0.868. The molecule has 6 nitrogen and oxygen atoms in total. The van der Waals surface area contributed by atoms with Crippen LogP contribution in [-0.2, 0) is 25.1 Å². The van der Waals surface area contributed by atoms with Crippen LogP contribution in [0.25, 0.3) is 0 Å². The minimum absolute atomic E-state index is 0.0212. The zero-order valence-electron chi connectivity index (χ0n) is 18.7. The number of carboxylic acid groups (broad SMARTS) is 1. The molecule has 190 valence electrons. The number of hydrogen-bond acceptors (Lipinski definition) is 4. The van der Waals surface area contributed by atoms with Crippen LogP contribution in [0.2, 0.25) is 0 Å². The van der Waals surface area contributed by atoms with E-state index in [1.807, 2.05) is 0 Å². The van der Waals surface area contributed by atoms with Crippen molar-refractivity contribution >= 4 is 11.9 Å². The summed E-state index contributed by atoms with van der Waals surface area (Å²) in [5.41, 5.74) is -3.77. The lowest BCUT2D eigenvalue weighted by Crippen LogP contribution is -2.25. The van der Waals surface area contributed by atoms with Crippen LogP contribution in [0.5, 0.6) is 0 Å². The predicted molar refractivity (Wildman–Crippen MR) is 115 cm³/mol. The fourth-order valence-corrected chi connectivity index (χ4v) is 3.43. The highest BCUT2D eigenvalue weighted by Gasteiger charge is 2.37. The Hall–Kier alpha value is -3.96. The number of amides is 1. The molecule has 0 aliphatic carbocycles. The number of carboxylic acids is 1. The fraction of sp³-hybridized carbons (Fsp3) is 0.250. The van der Waals surface area contributed by atoms with Crippen molar-refractivity contribution in [2.24, 2.45) is 0 Å². The number of nitrogens with zero attached hydrogens (tertiary/aromatic N) is 3. The number of carbonyl (C=O) groups is 2. The smallest absolute Gasteiger partial charge is 0.416 e. The molecule has 0 spiro atoms. The van der Waals surface area contributed by atoms with Gasteiger partial charge in [0.15, 0.2) is 0 Å². The Labute approximate surface area is 201 Å². The Morgan fingerprint density at radius 1 is 1.00 bits per heavy atom. The minimum Gasteiger partial charge on any atom is -0.477 e. The van der Waals surface area contributed by atoms with Crippen molar-refractivity contribution < 1.29 is 41.1 Å². The molecule has 0 aliphatic rings. The van der Waals surface area contributed by atoms with Gasteiger partial charge in [-0.3, -0.25) is 4.79 Å². The molecule has 2 heterocycles. The quantitative estimate of drug-likeness (QED) is 0.308. The molecule has 3 rings (SSSR count).